The molecule has 0 unspecified atom stereocenters. The van der Waals surface area contributed by atoms with Gasteiger partial charge in [0, 0.05) is 10.0 Å². The Morgan fingerprint density at radius 3 is 2.72 bits per heavy atom. The first-order valence-corrected chi connectivity index (χ1v) is 9.96. The number of imidazole rings is 1. The number of ether oxygens (including phenoxy) is 1. The Morgan fingerprint density at radius 1 is 1.14 bits per heavy atom. The molecule has 29 heavy (non-hydrogen) atoms. The number of halogens is 1. The molecule has 4 rings (SSSR count). The summed E-state index contributed by atoms with van der Waals surface area (Å²) in [6, 6.07) is 23.9. The van der Waals surface area contributed by atoms with E-state index < -0.39 is 0 Å². The summed E-state index contributed by atoms with van der Waals surface area (Å²) in [6.45, 7) is 2.48. The van der Waals surface area contributed by atoms with Gasteiger partial charge in [-0.15, -0.1) is 0 Å². The SMILES string of the molecule is Cc1ccc2nc(C(C#N)=Cc3ccccc3OCc3ccc(Br)cc3)[nH]c2c1. The molecule has 1 aromatic heterocycles. The van der Waals surface area contributed by atoms with Crippen molar-refractivity contribution in [2.24, 2.45) is 0 Å². The first kappa shape index (κ1) is 19.0. The van der Waals surface area contributed by atoms with Crippen molar-refractivity contribution in [2.75, 3.05) is 0 Å². The molecule has 0 aliphatic rings. The molecule has 3 aromatic carbocycles. The van der Waals surface area contributed by atoms with E-state index in [1.165, 1.54) is 0 Å². The van der Waals surface area contributed by atoms with Gasteiger partial charge < -0.3 is 9.72 Å². The number of fused-ring (bicyclic) bond motifs is 1. The van der Waals surface area contributed by atoms with Crippen LogP contribution in [0.5, 0.6) is 5.75 Å². The van der Waals surface area contributed by atoms with Gasteiger partial charge in [0.25, 0.3) is 0 Å². The lowest BCUT2D eigenvalue weighted by Crippen LogP contribution is -1.97. The van der Waals surface area contributed by atoms with Crippen molar-refractivity contribution in [3.05, 3.63) is 93.7 Å². The molecule has 4 nitrogen and oxygen atoms in total. The van der Waals surface area contributed by atoms with Crippen LogP contribution in [0, 0.1) is 18.3 Å². The number of para-hydroxylation sites is 1. The Bertz CT molecular complexity index is 1230. The van der Waals surface area contributed by atoms with E-state index in [-0.39, 0.29) is 0 Å². The van der Waals surface area contributed by atoms with E-state index in [2.05, 4.69) is 32.0 Å². The molecule has 0 fully saturated rings. The van der Waals surface area contributed by atoms with E-state index in [1.54, 1.807) is 0 Å². The van der Waals surface area contributed by atoms with Gasteiger partial charge in [-0.2, -0.15) is 5.26 Å². The molecule has 0 saturated heterocycles. The van der Waals surface area contributed by atoms with E-state index in [4.69, 9.17) is 4.74 Å². The smallest absolute Gasteiger partial charge is 0.149 e. The van der Waals surface area contributed by atoms with Gasteiger partial charge in [0.1, 0.15) is 24.3 Å². The van der Waals surface area contributed by atoms with Crippen molar-refractivity contribution in [3.63, 3.8) is 0 Å². The Kier molecular flexibility index (Phi) is 5.46. The number of hydrogen-bond donors (Lipinski definition) is 1. The monoisotopic (exact) mass is 443 g/mol. The van der Waals surface area contributed by atoms with Crippen LogP contribution in [0.4, 0.5) is 0 Å². The van der Waals surface area contributed by atoms with Crippen LogP contribution >= 0.6 is 15.9 Å². The Hall–Kier alpha value is -3.36. The van der Waals surface area contributed by atoms with Crippen LogP contribution in [-0.2, 0) is 6.61 Å². The molecule has 0 amide bonds. The zero-order valence-electron chi connectivity index (χ0n) is 15.8. The van der Waals surface area contributed by atoms with E-state index in [0.717, 1.165) is 37.9 Å². The molecule has 0 saturated carbocycles. The Balaban J connectivity index is 1.63. The molecule has 1 heterocycles. The second-order valence-electron chi connectivity index (χ2n) is 6.73. The number of benzene rings is 3. The number of rotatable bonds is 5. The molecule has 142 valence electrons. The van der Waals surface area contributed by atoms with Gasteiger partial charge in [-0.05, 0) is 54.5 Å². The van der Waals surface area contributed by atoms with Crippen LogP contribution in [0.3, 0.4) is 0 Å². The minimum absolute atomic E-state index is 0.448. The molecule has 1 N–H and O–H groups in total. The predicted octanol–water partition coefficient (Wildman–Crippen LogP) is 6.28. The van der Waals surface area contributed by atoms with Crippen LogP contribution in [0.2, 0.25) is 0 Å². The molecule has 0 spiro atoms. The first-order valence-electron chi connectivity index (χ1n) is 9.17. The fourth-order valence-electron chi connectivity index (χ4n) is 3.03. The van der Waals surface area contributed by atoms with Crippen molar-refractivity contribution in [1.29, 1.82) is 5.26 Å². The first-order chi connectivity index (χ1) is 14.1. The van der Waals surface area contributed by atoms with Gasteiger partial charge in [0.2, 0.25) is 0 Å². The van der Waals surface area contributed by atoms with Crippen molar-refractivity contribution >= 4 is 38.6 Å². The largest absolute Gasteiger partial charge is 0.488 e. The number of nitrogens with zero attached hydrogens (tertiary/aromatic N) is 2. The molecule has 0 radical (unpaired) electrons. The summed E-state index contributed by atoms with van der Waals surface area (Å²) in [5, 5.41) is 9.72. The van der Waals surface area contributed by atoms with Crippen molar-refractivity contribution < 1.29 is 4.74 Å². The topological polar surface area (TPSA) is 61.7 Å². The van der Waals surface area contributed by atoms with Crippen LogP contribution < -0.4 is 4.74 Å². The Labute approximate surface area is 177 Å². The highest BCUT2D eigenvalue weighted by atomic mass is 79.9. The Morgan fingerprint density at radius 2 is 1.93 bits per heavy atom. The second kappa shape index (κ2) is 8.34. The summed E-state index contributed by atoms with van der Waals surface area (Å²) < 4.78 is 7.05. The highest BCUT2D eigenvalue weighted by Gasteiger charge is 2.10. The van der Waals surface area contributed by atoms with Crippen LogP contribution in [0.1, 0.15) is 22.5 Å². The van der Waals surface area contributed by atoms with Gasteiger partial charge in [-0.25, -0.2) is 4.98 Å². The lowest BCUT2D eigenvalue weighted by Gasteiger charge is -2.09. The maximum absolute atomic E-state index is 9.72. The number of allylic oxidation sites excluding steroid dienone is 1. The molecule has 0 atom stereocenters. The fraction of sp³-hybridized carbons (Fsp3) is 0.0833. The zero-order chi connectivity index (χ0) is 20.2. The van der Waals surface area contributed by atoms with Gasteiger partial charge in [0.15, 0.2) is 0 Å². The third-order valence-corrected chi connectivity index (χ3v) is 5.07. The van der Waals surface area contributed by atoms with E-state index in [9.17, 15) is 5.26 Å². The minimum atomic E-state index is 0.448. The number of aromatic amines is 1. The van der Waals surface area contributed by atoms with Gasteiger partial charge in [0.05, 0.1) is 16.6 Å². The lowest BCUT2D eigenvalue weighted by atomic mass is 10.1. The summed E-state index contributed by atoms with van der Waals surface area (Å²) in [7, 11) is 0. The van der Waals surface area contributed by atoms with Crippen LogP contribution in [-0.4, -0.2) is 9.97 Å². The number of H-pyrrole nitrogens is 1. The summed E-state index contributed by atoms with van der Waals surface area (Å²) >= 11 is 3.44. The van der Waals surface area contributed by atoms with Gasteiger partial charge in [-0.1, -0.05) is 52.3 Å². The molecular formula is C24H18BrN3O. The molecule has 4 aromatic rings. The van der Waals surface area contributed by atoms with Crippen LogP contribution in [0.15, 0.2) is 71.2 Å². The number of aromatic nitrogens is 2. The quantitative estimate of drug-likeness (QED) is 0.369. The van der Waals surface area contributed by atoms with Gasteiger partial charge >= 0.3 is 0 Å². The molecule has 5 heteroatoms. The number of nitrogens with one attached hydrogen (secondary N) is 1. The lowest BCUT2D eigenvalue weighted by molar-refractivity contribution is 0.305. The van der Waals surface area contributed by atoms with Crippen molar-refractivity contribution in [3.8, 4) is 11.8 Å². The maximum atomic E-state index is 9.72. The summed E-state index contributed by atoms with van der Waals surface area (Å²) in [5.74, 6) is 1.27. The minimum Gasteiger partial charge on any atom is -0.488 e. The highest BCUT2D eigenvalue weighted by molar-refractivity contribution is 9.10. The zero-order valence-corrected chi connectivity index (χ0v) is 17.4. The number of aryl methyl sites for hydroxylation is 1. The fourth-order valence-corrected chi connectivity index (χ4v) is 3.30. The van der Waals surface area contributed by atoms with Crippen molar-refractivity contribution in [2.45, 2.75) is 13.5 Å². The van der Waals surface area contributed by atoms with E-state index in [1.807, 2.05) is 79.7 Å². The molecule has 0 bridgehead atoms. The molecule has 0 aliphatic carbocycles. The number of hydrogen-bond acceptors (Lipinski definition) is 3. The molecule has 0 aliphatic heterocycles. The predicted molar refractivity (Wildman–Crippen MR) is 119 cm³/mol. The summed E-state index contributed by atoms with van der Waals surface area (Å²) in [6.07, 6.45) is 1.81. The van der Waals surface area contributed by atoms with Crippen LogP contribution in [0.25, 0.3) is 22.7 Å². The maximum Gasteiger partial charge on any atom is 0.149 e. The van der Waals surface area contributed by atoms with Crippen molar-refractivity contribution in [1.82, 2.24) is 9.97 Å². The third kappa shape index (κ3) is 4.39. The second-order valence-corrected chi connectivity index (χ2v) is 7.64. The standard InChI is InChI=1S/C24H18BrN3O/c1-16-6-11-21-22(12-16)28-24(27-21)19(14-26)13-18-4-2-3-5-23(18)29-15-17-7-9-20(25)10-8-17/h2-13H,15H2,1H3,(H,27,28). The number of nitriles is 1. The summed E-state index contributed by atoms with van der Waals surface area (Å²) in [5.41, 5.74) is 5.26. The average Bonchev–Trinajstić information content (AvgIpc) is 3.15. The third-order valence-electron chi connectivity index (χ3n) is 4.54. The van der Waals surface area contributed by atoms with E-state index in [0.29, 0.717) is 18.0 Å². The summed E-state index contributed by atoms with van der Waals surface area (Å²) in [4.78, 5) is 7.80. The van der Waals surface area contributed by atoms with E-state index >= 15 is 0 Å². The highest BCUT2D eigenvalue weighted by Crippen LogP contribution is 2.26. The normalized spacial score (nSPS) is 11.4. The average molecular weight is 444 g/mol. The molecular weight excluding hydrogens is 426 g/mol. The van der Waals surface area contributed by atoms with Gasteiger partial charge in [-0.3, -0.25) is 0 Å².